The lowest BCUT2D eigenvalue weighted by molar-refractivity contribution is 0.0594. The van der Waals surface area contributed by atoms with Gasteiger partial charge in [0.2, 0.25) is 0 Å². The second-order valence-electron chi connectivity index (χ2n) is 5.94. The maximum Gasteiger partial charge on any atom is 0.356 e. The molecule has 7 nitrogen and oxygen atoms in total. The fourth-order valence-electron chi connectivity index (χ4n) is 2.68. The zero-order chi connectivity index (χ0) is 16.7. The summed E-state index contributed by atoms with van der Waals surface area (Å²) in [6, 6.07) is 1.95. The van der Waals surface area contributed by atoms with E-state index in [0.29, 0.717) is 23.6 Å². The first-order chi connectivity index (χ1) is 11.7. The molecule has 1 aliphatic carbocycles. The Morgan fingerprint density at radius 3 is 3.04 bits per heavy atom. The van der Waals surface area contributed by atoms with Crippen LogP contribution in [0.2, 0.25) is 0 Å². The van der Waals surface area contributed by atoms with E-state index in [4.69, 9.17) is 4.74 Å². The number of carbonyl (C=O) groups is 1. The molecular formula is C16H17N5O2S. The molecule has 124 valence electrons. The molecule has 1 fully saturated rings. The lowest BCUT2D eigenvalue weighted by Gasteiger charge is -2.14. The number of methoxy groups -OCH3 is 1. The van der Waals surface area contributed by atoms with Crippen LogP contribution in [0.5, 0.6) is 0 Å². The Morgan fingerprint density at radius 2 is 2.29 bits per heavy atom. The van der Waals surface area contributed by atoms with Gasteiger partial charge in [0.1, 0.15) is 10.6 Å². The largest absolute Gasteiger partial charge is 0.464 e. The van der Waals surface area contributed by atoms with E-state index in [-0.39, 0.29) is 5.69 Å². The van der Waals surface area contributed by atoms with E-state index < -0.39 is 5.97 Å². The summed E-state index contributed by atoms with van der Waals surface area (Å²) in [6.07, 6.45) is 6.06. The number of thiazole rings is 1. The Hall–Kier alpha value is -2.48. The van der Waals surface area contributed by atoms with Crippen LogP contribution in [0, 0.1) is 5.92 Å². The summed E-state index contributed by atoms with van der Waals surface area (Å²) in [7, 11) is 1.35. The van der Waals surface area contributed by atoms with E-state index in [0.717, 1.165) is 10.4 Å². The summed E-state index contributed by atoms with van der Waals surface area (Å²) in [5.74, 6) is 1.30. The third-order valence-electron chi connectivity index (χ3n) is 4.20. The third-order valence-corrected chi connectivity index (χ3v) is 5.09. The number of aromatic nitrogens is 4. The summed E-state index contributed by atoms with van der Waals surface area (Å²) in [5, 5.41) is 9.62. The van der Waals surface area contributed by atoms with E-state index in [1.807, 2.05) is 11.6 Å². The molecule has 0 aromatic carbocycles. The van der Waals surface area contributed by atoms with Gasteiger partial charge in [-0.25, -0.2) is 19.3 Å². The van der Waals surface area contributed by atoms with Crippen molar-refractivity contribution in [3.8, 4) is 11.4 Å². The van der Waals surface area contributed by atoms with Crippen LogP contribution in [-0.2, 0) is 4.74 Å². The molecule has 1 atom stereocenters. The Balaban J connectivity index is 1.77. The molecule has 0 radical (unpaired) electrons. The van der Waals surface area contributed by atoms with Crippen molar-refractivity contribution in [3.63, 3.8) is 0 Å². The number of nitrogens with one attached hydrogen (secondary N) is 1. The number of rotatable bonds is 5. The highest BCUT2D eigenvalue weighted by Crippen LogP contribution is 2.34. The fraction of sp³-hybridized carbons (Fsp3) is 0.375. The van der Waals surface area contributed by atoms with Crippen LogP contribution in [-0.4, -0.2) is 38.7 Å². The molecule has 1 aliphatic rings. The van der Waals surface area contributed by atoms with Crippen molar-refractivity contribution in [3.05, 3.63) is 29.5 Å². The standard InChI is InChI=1S/C16H17N5O2S/c1-9(10-3-4-10)18-13-7-12(16(22)23-2)19-14(20-13)11-8-17-21-5-6-24-15(11)21/h5-10H,3-4H2,1-2H3,(H,18,19,20)/t9-/m0/s1. The Morgan fingerprint density at radius 1 is 1.46 bits per heavy atom. The van der Waals surface area contributed by atoms with Crippen LogP contribution in [0.1, 0.15) is 30.3 Å². The van der Waals surface area contributed by atoms with Crippen molar-refractivity contribution < 1.29 is 9.53 Å². The third kappa shape index (κ3) is 2.73. The zero-order valence-corrected chi connectivity index (χ0v) is 14.2. The molecule has 0 aliphatic heterocycles. The second kappa shape index (κ2) is 5.86. The molecule has 3 aromatic rings. The number of nitrogens with zero attached hydrogens (tertiary/aromatic N) is 4. The van der Waals surface area contributed by atoms with Crippen molar-refractivity contribution in [1.82, 2.24) is 19.6 Å². The topological polar surface area (TPSA) is 81.4 Å². The smallest absolute Gasteiger partial charge is 0.356 e. The summed E-state index contributed by atoms with van der Waals surface area (Å²) in [5.41, 5.74) is 1.04. The van der Waals surface area contributed by atoms with E-state index in [2.05, 4.69) is 27.3 Å². The van der Waals surface area contributed by atoms with Crippen LogP contribution < -0.4 is 5.32 Å². The van der Waals surface area contributed by atoms with Crippen molar-refractivity contribution in [2.75, 3.05) is 12.4 Å². The predicted octanol–water partition coefficient (Wildman–Crippen LogP) is 2.85. The zero-order valence-electron chi connectivity index (χ0n) is 13.4. The minimum absolute atomic E-state index is 0.240. The first kappa shape index (κ1) is 15.1. The van der Waals surface area contributed by atoms with Crippen LogP contribution in [0.4, 0.5) is 5.82 Å². The summed E-state index contributed by atoms with van der Waals surface area (Å²) >= 11 is 1.55. The van der Waals surface area contributed by atoms with Gasteiger partial charge in [0.15, 0.2) is 11.5 Å². The first-order valence-corrected chi connectivity index (χ1v) is 8.69. The van der Waals surface area contributed by atoms with Gasteiger partial charge in [0.25, 0.3) is 0 Å². The highest BCUT2D eigenvalue weighted by Gasteiger charge is 2.28. The molecule has 8 heteroatoms. The number of ether oxygens (including phenoxy) is 1. The second-order valence-corrected chi connectivity index (χ2v) is 6.83. The molecule has 0 unspecified atom stereocenters. The molecule has 0 spiro atoms. The van der Waals surface area contributed by atoms with Gasteiger partial charge in [-0.2, -0.15) is 5.10 Å². The van der Waals surface area contributed by atoms with Gasteiger partial charge in [0, 0.05) is 23.7 Å². The van der Waals surface area contributed by atoms with Gasteiger partial charge in [-0.05, 0) is 25.7 Å². The summed E-state index contributed by atoms with van der Waals surface area (Å²) < 4.78 is 6.60. The highest BCUT2D eigenvalue weighted by atomic mass is 32.1. The number of hydrogen-bond acceptors (Lipinski definition) is 7. The van der Waals surface area contributed by atoms with E-state index >= 15 is 0 Å². The molecule has 1 N–H and O–H groups in total. The fourth-order valence-corrected chi connectivity index (χ4v) is 3.47. The molecule has 24 heavy (non-hydrogen) atoms. The SMILES string of the molecule is COC(=O)c1cc(N[C@@H](C)C2CC2)nc(-c2cnn3ccsc23)n1. The maximum absolute atomic E-state index is 12.0. The molecule has 1 saturated carbocycles. The van der Waals surface area contributed by atoms with Gasteiger partial charge in [-0.3, -0.25) is 0 Å². The molecule has 0 bridgehead atoms. The Labute approximate surface area is 142 Å². The van der Waals surface area contributed by atoms with Gasteiger partial charge in [0.05, 0.1) is 18.9 Å². The minimum atomic E-state index is -0.477. The Bertz CT molecular complexity index is 899. The molecule has 0 amide bonds. The van der Waals surface area contributed by atoms with Gasteiger partial charge in [-0.15, -0.1) is 11.3 Å². The molecule has 4 rings (SSSR count). The molecule has 0 saturated heterocycles. The van der Waals surface area contributed by atoms with E-state index in [1.54, 1.807) is 28.1 Å². The summed E-state index contributed by atoms with van der Waals surface area (Å²) in [4.78, 5) is 21.9. The summed E-state index contributed by atoms with van der Waals surface area (Å²) in [6.45, 7) is 2.13. The number of hydrogen-bond donors (Lipinski definition) is 1. The van der Waals surface area contributed by atoms with Crippen molar-refractivity contribution >= 4 is 28.0 Å². The number of anilines is 1. The highest BCUT2D eigenvalue weighted by molar-refractivity contribution is 7.16. The van der Waals surface area contributed by atoms with Crippen molar-refractivity contribution in [2.45, 2.75) is 25.8 Å². The van der Waals surface area contributed by atoms with Gasteiger partial charge >= 0.3 is 5.97 Å². The number of esters is 1. The normalized spacial score (nSPS) is 15.4. The minimum Gasteiger partial charge on any atom is -0.464 e. The molecule has 3 heterocycles. The van der Waals surface area contributed by atoms with E-state index in [9.17, 15) is 4.79 Å². The van der Waals surface area contributed by atoms with E-state index in [1.165, 1.54) is 20.0 Å². The number of fused-ring (bicyclic) bond motifs is 1. The van der Waals surface area contributed by atoms with Crippen LogP contribution >= 0.6 is 11.3 Å². The quantitative estimate of drug-likeness (QED) is 0.718. The number of carbonyl (C=O) groups excluding carboxylic acids is 1. The monoisotopic (exact) mass is 343 g/mol. The lowest BCUT2D eigenvalue weighted by Crippen LogP contribution is -2.19. The lowest BCUT2D eigenvalue weighted by atomic mass is 10.2. The average Bonchev–Trinajstić information content (AvgIpc) is 3.21. The maximum atomic E-state index is 12.0. The predicted molar refractivity (Wildman–Crippen MR) is 91.2 cm³/mol. The van der Waals surface area contributed by atoms with Crippen LogP contribution in [0.3, 0.4) is 0 Å². The van der Waals surface area contributed by atoms with Crippen LogP contribution in [0.25, 0.3) is 16.2 Å². The van der Waals surface area contributed by atoms with Gasteiger partial charge < -0.3 is 10.1 Å². The molecular weight excluding hydrogens is 326 g/mol. The van der Waals surface area contributed by atoms with Crippen molar-refractivity contribution in [1.29, 1.82) is 0 Å². The van der Waals surface area contributed by atoms with Gasteiger partial charge in [-0.1, -0.05) is 0 Å². The van der Waals surface area contributed by atoms with Crippen LogP contribution in [0.15, 0.2) is 23.8 Å². The average molecular weight is 343 g/mol. The Kier molecular flexibility index (Phi) is 3.68. The molecule has 3 aromatic heterocycles. The van der Waals surface area contributed by atoms with Crippen molar-refractivity contribution in [2.24, 2.45) is 5.92 Å². The first-order valence-electron chi connectivity index (χ1n) is 7.81.